The topological polar surface area (TPSA) is 108 Å². The third-order valence-corrected chi connectivity index (χ3v) is 2.24. The smallest absolute Gasteiger partial charge is 0.271 e. The highest BCUT2D eigenvalue weighted by Crippen LogP contribution is 2.00. The van der Waals surface area contributed by atoms with Gasteiger partial charge >= 0.3 is 0 Å². The Morgan fingerprint density at radius 2 is 2.33 bits per heavy atom. The predicted molar refractivity (Wildman–Crippen MR) is 64.0 cm³/mol. The maximum atomic E-state index is 11.8. The van der Waals surface area contributed by atoms with E-state index in [1.807, 2.05) is 0 Å². The van der Waals surface area contributed by atoms with Crippen molar-refractivity contribution in [3.05, 3.63) is 30.2 Å². The largest absolute Gasteiger partial charge is 0.372 e. The summed E-state index contributed by atoms with van der Waals surface area (Å²) in [6.45, 7) is 0.458. The standard InChI is InChI=1S/C10H13N7O/c1-11-9-5-12-4-7(16-9)10(18)13-3-2-8-14-6-15-17-8/h4-6H,2-3H2,1H3,(H,11,16)(H,13,18)(H,14,15,17). The van der Waals surface area contributed by atoms with Crippen LogP contribution in [0.4, 0.5) is 5.82 Å². The van der Waals surface area contributed by atoms with Crippen LogP contribution in [0.1, 0.15) is 16.3 Å². The van der Waals surface area contributed by atoms with E-state index in [1.165, 1.54) is 12.5 Å². The summed E-state index contributed by atoms with van der Waals surface area (Å²) in [6, 6.07) is 0. The first-order valence-corrected chi connectivity index (χ1v) is 5.42. The molecule has 0 saturated heterocycles. The van der Waals surface area contributed by atoms with Crippen molar-refractivity contribution < 1.29 is 4.79 Å². The van der Waals surface area contributed by atoms with E-state index in [0.717, 1.165) is 5.82 Å². The van der Waals surface area contributed by atoms with Gasteiger partial charge in [0, 0.05) is 20.0 Å². The van der Waals surface area contributed by atoms with Gasteiger partial charge in [0.25, 0.3) is 5.91 Å². The molecule has 2 heterocycles. The second-order valence-corrected chi connectivity index (χ2v) is 3.48. The Bertz CT molecular complexity index is 511. The van der Waals surface area contributed by atoms with Gasteiger partial charge in [0.15, 0.2) is 0 Å². The van der Waals surface area contributed by atoms with E-state index >= 15 is 0 Å². The third kappa shape index (κ3) is 3.00. The summed E-state index contributed by atoms with van der Waals surface area (Å²) < 4.78 is 0. The molecule has 0 bridgehead atoms. The zero-order chi connectivity index (χ0) is 12.8. The molecule has 2 rings (SSSR count). The second kappa shape index (κ2) is 5.71. The van der Waals surface area contributed by atoms with Gasteiger partial charge < -0.3 is 10.6 Å². The number of carbonyl (C=O) groups is 1. The van der Waals surface area contributed by atoms with Crippen molar-refractivity contribution in [2.45, 2.75) is 6.42 Å². The summed E-state index contributed by atoms with van der Waals surface area (Å²) in [5.74, 6) is 1.02. The lowest BCUT2D eigenvalue weighted by atomic mass is 10.3. The van der Waals surface area contributed by atoms with Gasteiger partial charge in [0.05, 0.1) is 12.4 Å². The predicted octanol–water partition coefficient (Wildman–Crippen LogP) is -0.391. The Kier molecular flexibility index (Phi) is 3.79. The van der Waals surface area contributed by atoms with Gasteiger partial charge in [-0.15, -0.1) is 0 Å². The fraction of sp³-hybridized carbons (Fsp3) is 0.300. The molecular weight excluding hydrogens is 234 g/mol. The van der Waals surface area contributed by atoms with E-state index in [2.05, 4.69) is 35.8 Å². The van der Waals surface area contributed by atoms with Crippen LogP contribution in [-0.4, -0.2) is 44.6 Å². The van der Waals surface area contributed by atoms with Gasteiger partial charge in [-0.05, 0) is 0 Å². The summed E-state index contributed by atoms with van der Waals surface area (Å²) >= 11 is 0. The van der Waals surface area contributed by atoms with Gasteiger partial charge in [0.1, 0.15) is 23.7 Å². The van der Waals surface area contributed by atoms with E-state index in [9.17, 15) is 4.79 Å². The number of aromatic nitrogens is 5. The SMILES string of the molecule is CNc1cncc(C(=O)NCCc2ncn[nH]2)n1. The van der Waals surface area contributed by atoms with Crippen LogP contribution in [0.15, 0.2) is 18.7 Å². The molecule has 8 heteroatoms. The zero-order valence-electron chi connectivity index (χ0n) is 9.84. The first-order valence-electron chi connectivity index (χ1n) is 5.42. The average Bonchev–Trinajstić information content (AvgIpc) is 2.92. The van der Waals surface area contributed by atoms with Crippen LogP contribution in [0.5, 0.6) is 0 Å². The lowest BCUT2D eigenvalue weighted by molar-refractivity contribution is 0.0948. The monoisotopic (exact) mass is 247 g/mol. The van der Waals surface area contributed by atoms with Crippen molar-refractivity contribution in [2.24, 2.45) is 0 Å². The summed E-state index contributed by atoms with van der Waals surface area (Å²) in [5.41, 5.74) is 0.277. The number of nitrogens with zero attached hydrogens (tertiary/aromatic N) is 4. The van der Waals surface area contributed by atoms with Crippen LogP contribution < -0.4 is 10.6 Å². The molecule has 8 nitrogen and oxygen atoms in total. The lowest BCUT2D eigenvalue weighted by Gasteiger charge is -2.04. The molecule has 0 aliphatic heterocycles. The molecule has 0 aromatic carbocycles. The minimum absolute atomic E-state index is 0.265. The van der Waals surface area contributed by atoms with Crippen LogP contribution in [0.2, 0.25) is 0 Å². The molecule has 0 radical (unpaired) electrons. The van der Waals surface area contributed by atoms with Gasteiger partial charge in [0.2, 0.25) is 0 Å². The van der Waals surface area contributed by atoms with E-state index in [1.54, 1.807) is 13.2 Å². The number of hydrogen-bond acceptors (Lipinski definition) is 6. The molecule has 94 valence electrons. The number of H-pyrrole nitrogens is 1. The van der Waals surface area contributed by atoms with Crippen molar-refractivity contribution in [1.29, 1.82) is 0 Å². The van der Waals surface area contributed by atoms with Crippen molar-refractivity contribution >= 4 is 11.7 Å². The molecule has 2 aromatic rings. The molecule has 0 aliphatic rings. The maximum Gasteiger partial charge on any atom is 0.271 e. The van der Waals surface area contributed by atoms with E-state index in [4.69, 9.17) is 0 Å². The van der Waals surface area contributed by atoms with Gasteiger partial charge in [-0.25, -0.2) is 9.97 Å². The zero-order valence-corrected chi connectivity index (χ0v) is 9.84. The van der Waals surface area contributed by atoms with E-state index < -0.39 is 0 Å². The molecule has 0 unspecified atom stereocenters. The minimum Gasteiger partial charge on any atom is -0.372 e. The molecule has 0 fully saturated rings. The second-order valence-electron chi connectivity index (χ2n) is 3.48. The number of amides is 1. The fourth-order valence-electron chi connectivity index (χ4n) is 1.33. The molecule has 2 aromatic heterocycles. The molecule has 0 spiro atoms. The number of anilines is 1. The highest BCUT2D eigenvalue weighted by Gasteiger charge is 2.08. The van der Waals surface area contributed by atoms with Crippen LogP contribution in [0.3, 0.4) is 0 Å². The van der Waals surface area contributed by atoms with Crippen LogP contribution in [0.25, 0.3) is 0 Å². The molecule has 1 amide bonds. The minimum atomic E-state index is -0.265. The van der Waals surface area contributed by atoms with Crippen molar-refractivity contribution in [1.82, 2.24) is 30.5 Å². The number of rotatable bonds is 5. The van der Waals surface area contributed by atoms with Crippen LogP contribution in [-0.2, 0) is 6.42 Å². The van der Waals surface area contributed by atoms with Crippen LogP contribution >= 0.6 is 0 Å². The number of aromatic amines is 1. The normalized spacial score (nSPS) is 10.1. The molecule has 0 saturated carbocycles. The molecule has 0 aliphatic carbocycles. The number of nitrogens with one attached hydrogen (secondary N) is 3. The number of hydrogen-bond donors (Lipinski definition) is 3. The Hall–Kier alpha value is -2.51. The first kappa shape index (κ1) is 12.0. The van der Waals surface area contributed by atoms with Crippen LogP contribution in [0, 0.1) is 0 Å². The Balaban J connectivity index is 1.87. The highest BCUT2D eigenvalue weighted by atomic mass is 16.1. The molecular formula is C10H13N7O. The maximum absolute atomic E-state index is 11.8. The van der Waals surface area contributed by atoms with Gasteiger partial charge in [-0.1, -0.05) is 0 Å². The number of carbonyl (C=O) groups excluding carboxylic acids is 1. The summed E-state index contributed by atoms with van der Waals surface area (Å²) in [4.78, 5) is 23.7. The van der Waals surface area contributed by atoms with Crippen molar-refractivity contribution in [3.8, 4) is 0 Å². The fourth-order valence-corrected chi connectivity index (χ4v) is 1.33. The molecule has 18 heavy (non-hydrogen) atoms. The lowest BCUT2D eigenvalue weighted by Crippen LogP contribution is -2.27. The highest BCUT2D eigenvalue weighted by molar-refractivity contribution is 5.92. The van der Waals surface area contributed by atoms with E-state index in [-0.39, 0.29) is 11.6 Å². The quantitative estimate of drug-likeness (QED) is 0.664. The Morgan fingerprint density at radius 3 is 3.06 bits per heavy atom. The van der Waals surface area contributed by atoms with E-state index in [0.29, 0.717) is 18.8 Å². The first-order chi connectivity index (χ1) is 8.79. The van der Waals surface area contributed by atoms with Gasteiger partial charge in [-0.2, -0.15) is 5.10 Å². The average molecular weight is 247 g/mol. The van der Waals surface area contributed by atoms with Crippen molar-refractivity contribution in [2.75, 3.05) is 18.9 Å². The summed E-state index contributed by atoms with van der Waals surface area (Å²) in [7, 11) is 1.72. The third-order valence-electron chi connectivity index (χ3n) is 2.24. The Morgan fingerprint density at radius 1 is 1.44 bits per heavy atom. The van der Waals surface area contributed by atoms with Crippen molar-refractivity contribution in [3.63, 3.8) is 0 Å². The summed E-state index contributed by atoms with van der Waals surface area (Å²) in [5, 5.41) is 12.0. The summed E-state index contributed by atoms with van der Waals surface area (Å²) in [6.07, 6.45) is 4.99. The van der Waals surface area contributed by atoms with Gasteiger partial charge in [-0.3, -0.25) is 14.9 Å². The molecule has 3 N–H and O–H groups in total. The molecule has 0 atom stereocenters. The Labute approximate surface area is 103 Å².